The molecule has 0 aromatic heterocycles. The molecule has 0 bridgehead atoms. The minimum Gasteiger partial charge on any atom is -0.467 e. The first-order chi connectivity index (χ1) is 8.77. The molecule has 2 fully saturated rings. The number of carbonyl (C=O) groups excluding carboxylic acids is 2. The molecule has 2 saturated heterocycles. The molecule has 0 spiro atoms. The molecule has 0 unspecified atom stereocenters. The van der Waals surface area contributed by atoms with Crippen LogP contribution in [0.4, 0.5) is 0 Å². The summed E-state index contributed by atoms with van der Waals surface area (Å²) in [5.74, 6) is -0.540. The third kappa shape index (κ3) is 2.36. The van der Waals surface area contributed by atoms with Crippen molar-refractivity contribution in [3.63, 3.8) is 0 Å². The minimum absolute atomic E-state index is 0.0179. The summed E-state index contributed by atoms with van der Waals surface area (Å²) in [5.41, 5.74) is -0.129. The van der Waals surface area contributed by atoms with E-state index in [-0.39, 0.29) is 23.3 Å². The SMILES string of the molecule is COC(=O)[C@@H]1C[C@@H](O)[C@H]2CC[C@H](C(C)(C)C)C(=O)N21. The van der Waals surface area contributed by atoms with E-state index in [1.54, 1.807) is 4.90 Å². The lowest BCUT2D eigenvalue weighted by atomic mass is 9.74. The summed E-state index contributed by atoms with van der Waals surface area (Å²) in [6.45, 7) is 6.11. The summed E-state index contributed by atoms with van der Waals surface area (Å²) in [6.07, 6.45) is 1.20. The molecule has 2 heterocycles. The van der Waals surface area contributed by atoms with Crippen molar-refractivity contribution in [3.8, 4) is 0 Å². The van der Waals surface area contributed by atoms with Gasteiger partial charge in [0.2, 0.25) is 5.91 Å². The Labute approximate surface area is 113 Å². The lowest BCUT2D eigenvalue weighted by Gasteiger charge is -2.42. The van der Waals surface area contributed by atoms with Crippen LogP contribution in [-0.4, -0.2) is 47.2 Å². The van der Waals surface area contributed by atoms with E-state index in [9.17, 15) is 14.7 Å². The molecule has 4 atom stereocenters. The highest BCUT2D eigenvalue weighted by Gasteiger charge is 2.52. The lowest BCUT2D eigenvalue weighted by Crippen LogP contribution is -2.54. The number of piperidine rings is 1. The van der Waals surface area contributed by atoms with Crippen LogP contribution >= 0.6 is 0 Å². The van der Waals surface area contributed by atoms with Gasteiger partial charge < -0.3 is 14.7 Å². The van der Waals surface area contributed by atoms with Crippen LogP contribution in [-0.2, 0) is 14.3 Å². The van der Waals surface area contributed by atoms with Gasteiger partial charge in [-0.3, -0.25) is 4.79 Å². The topological polar surface area (TPSA) is 66.8 Å². The third-order valence-corrected chi connectivity index (χ3v) is 4.42. The number of esters is 1. The van der Waals surface area contributed by atoms with Crippen LogP contribution in [0, 0.1) is 11.3 Å². The highest BCUT2D eigenvalue weighted by atomic mass is 16.5. The van der Waals surface area contributed by atoms with Gasteiger partial charge in [-0.1, -0.05) is 20.8 Å². The predicted octanol–water partition coefficient (Wildman–Crippen LogP) is 0.946. The maximum absolute atomic E-state index is 12.6. The smallest absolute Gasteiger partial charge is 0.328 e. The van der Waals surface area contributed by atoms with Crippen LogP contribution in [0.25, 0.3) is 0 Å². The highest BCUT2D eigenvalue weighted by Crippen LogP contribution is 2.41. The number of ether oxygens (including phenoxy) is 1. The molecule has 0 aromatic carbocycles. The Hall–Kier alpha value is -1.10. The number of aliphatic hydroxyl groups excluding tert-OH is 1. The molecule has 5 nitrogen and oxygen atoms in total. The summed E-state index contributed by atoms with van der Waals surface area (Å²) >= 11 is 0. The Bertz CT molecular complexity index is 387. The fourth-order valence-corrected chi connectivity index (χ4v) is 3.35. The van der Waals surface area contributed by atoms with Crippen LogP contribution in [0.3, 0.4) is 0 Å². The van der Waals surface area contributed by atoms with Crippen LogP contribution in [0.1, 0.15) is 40.0 Å². The maximum Gasteiger partial charge on any atom is 0.328 e. The molecule has 108 valence electrons. The summed E-state index contributed by atoms with van der Waals surface area (Å²) in [5, 5.41) is 10.0. The molecule has 2 rings (SSSR count). The second-order valence-electron chi connectivity index (χ2n) is 6.65. The monoisotopic (exact) mass is 269 g/mol. The summed E-state index contributed by atoms with van der Waals surface area (Å²) in [4.78, 5) is 26.0. The van der Waals surface area contributed by atoms with Crippen molar-refractivity contribution in [1.82, 2.24) is 4.90 Å². The number of methoxy groups -OCH3 is 1. The van der Waals surface area contributed by atoms with Gasteiger partial charge in [-0.05, 0) is 18.3 Å². The molecule has 0 aliphatic carbocycles. The van der Waals surface area contributed by atoms with Crippen molar-refractivity contribution < 1.29 is 19.4 Å². The second-order valence-corrected chi connectivity index (χ2v) is 6.65. The Morgan fingerprint density at radius 3 is 2.53 bits per heavy atom. The van der Waals surface area contributed by atoms with E-state index in [0.29, 0.717) is 6.42 Å². The Balaban J connectivity index is 2.27. The van der Waals surface area contributed by atoms with Crippen molar-refractivity contribution >= 4 is 11.9 Å². The molecule has 0 radical (unpaired) electrons. The van der Waals surface area contributed by atoms with Gasteiger partial charge in [-0.2, -0.15) is 0 Å². The minimum atomic E-state index is -0.623. The van der Waals surface area contributed by atoms with Crippen molar-refractivity contribution in [2.75, 3.05) is 7.11 Å². The van der Waals surface area contributed by atoms with Gasteiger partial charge in [-0.15, -0.1) is 0 Å². The molecular formula is C14H23NO4. The van der Waals surface area contributed by atoms with E-state index in [0.717, 1.165) is 12.8 Å². The Morgan fingerprint density at radius 1 is 1.37 bits per heavy atom. The van der Waals surface area contributed by atoms with E-state index >= 15 is 0 Å². The first-order valence-corrected chi connectivity index (χ1v) is 6.85. The average Bonchev–Trinajstić information content (AvgIpc) is 2.66. The second kappa shape index (κ2) is 4.78. The standard InChI is InChI=1S/C14H23NO4/c1-14(2,3)8-5-6-9-11(16)7-10(13(18)19-4)15(9)12(8)17/h8-11,16H,5-7H2,1-4H3/t8-,9+,10-,11+/m0/s1. The van der Waals surface area contributed by atoms with Crippen molar-refractivity contribution in [3.05, 3.63) is 0 Å². The number of hydrogen-bond acceptors (Lipinski definition) is 4. The van der Waals surface area contributed by atoms with Gasteiger partial charge in [0, 0.05) is 12.3 Å². The number of fused-ring (bicyclic) bond motifs is 1. The van der Waals surface area contributed by atoms with Gasteiger partial charge in [0.15, 0.2) is 0 Å². The predicted molar refractivity (Wildman–Crippen MR) is 69.2 cm³/mol. The highest BCUT2D eigenvalue weighted by molar-refractivity contribution is 5.88. The molecule has 1 N–H and O–H groups in total. The number of carbonyl (C=O) groups is 2. The van der Waals surface area contributed by atoms with E-state index in [4.69, 9.17) is 4.74 Å². The first kappa shape index (κ1) is 14.3. The summed E-state index contributed by atoms with van der Waals surface area (Å²) in [6, 6.07) is -0.849. The molecular weight excluding hydrogens is 246 g/mol. The van der Waals surface area contributed by atoms with Crippen LogP contribution < -0.4 is 0 Å². The third-order valence-electron chi connectivity index (χ3n) is 4.42. The van der Waals surface area contributed by atoms with Gasteiger partial charge in [0.25, 0.3) is 0 Å². The van der Waals surface area contributed by atoms with Gasteiger partial charge >= 0.3 is 5.97 Å². The fourth-order valence-electron chi connectivity index (χ4n) is 3.35. The van der Waals surface area contributed by atoms with Crippen LogP contribution in [0.15, 0.2) is 0 Å². The zero-order valence-electron chi connectivity index (χ0n) is 12.0. The average molecular weight is 269 g/mol. The summed E-state index contributed by atoms with van der Waals surface area (Å²) in [7, 11) is 1.32. The number of nitrogens with zero attached hydrogens (tertiary/aromatic N) is 1. The Morgan fingerprint density at radius 2 is 2.00 bits per heavy atom. The van der Waals surface area contributed by atoms with Crippen molar-refractivity contribution in [1.29, 1.82) is 0 Å². The molecule has 5 heteroatoms. The molecule has 0 saturated carbocycles. The quantitative estimate of drug-likeness (QED) is 0.720. The normalized spacial score (nSPS) is 35.2. The summed E-state index contributed by atoms with van der Waals surface area (Å²) < 4.78 is 4.76. The largest absolute Gasteiger partial charge is 0.467 e. The van der Waals surface area contributed by atoms with E-state index in [1.807, 2.05) is 20.8 Å². The van der Waals surface area contributed by atoms with Gasteiger partial charge in [-0.25, -0.2) is 4.79 Å². The number of hydrogen-bond donors (Lipinski definition) is 1. The molecule has 2 aliphatic rings. The Kier molecular flexibility index (Phi) is 3.60. The lowest BCUT2D eigenvalue weighted by molar-refractivity contribution is -0.158. The zero-order valence-corrected chi connectivity index (χ0v) is 12.0. The fraction of sp³-hybridized carbons (Fsp3) is 0.857. The van der Waals surface area contributed by atoms with Crippen LogP contribution in [0.5, 0.6) is 0 Å². The van der Waals surface area contributed by atoms with Gasteiger partial charge in [0.05, 0.1) is 19.3 Å². The van der Waals surface area contributed by atoms with Crippen LogP contribution in [0.2, 0.25) is 0 Å². The zero-order chi connectivity index (χ0) is 14.4. The van der Waals surface area contributed by atoms with Crippen molar-refractivity contribution in [2.24, 2.45) is 11.3 Å². The number of amides is 1. The molecule has 0 aromatic rings. The molecule has 19 heavy (non-hydrogen) atoms. The molecule has 1 amide bonds. The van der Waals surface area contributed by atoms with Gasteiger partial charge in [0.1, 0.15) is 6.04 Å². The maximum atomic E-state index is 12.6. The number of rotatable bonds is 1. The van der Waals surface area contributed by atoms with E-state index in [1.165, 1.54) is 7.11 Å². The first-order valence-electron chi connectivity index (χ1n) is 6.85. The van der Waals surface area contributed by atoms with E-state index in [2.05, 4.69) is 0 Å². The van der Waals surface area contributed by atoms with E-state index < -0.39 is 18.1 Å². The molecule has 2 aliphatic heterocycles. The van der Waals surface area contributed by atoms with Crippen molar-refractivity contribution in [2.45, 2.75) is 58.2 Å². The number of aliphatic hydroxyl groups is 1.